The summed E-state index contributed by atoms with van der Waals surface area (Å²) in [6, 6.07) is 4.19. The van der Waals surface area contributed by atoms with Gasteiger partial charge in [-0.2, -0.15) is 0 Å². The number of carbonyl (C=O) groups is 1. The van der Waals surface area contributed by atoms with Crippen LogP contribution in [0.3, 0.4) is 0 Å². The van der Waals surface area contributed by atoms with Gasteiger partial charge in [-0.05, 0) is 128 Å². The molecule has 8 heteroatoms. The first-order chi connectivity index (χ1) is 15.2. The van der Waals surface area contributed by atoms with E-state index in [0.717, 1.165) is 22.0 Å². The lowest BCUT2D eigenvalue weighted by molar-refractivity contribution is -0.107. The van der Waals surface area contributed by atoms with E-state index in [2.05, 4.69) is 130 Å². The number of pyridine rings is 1. The number of benzene rings is 2. The number of aryl methyl sites for hydroxylation is 3. The van der Waals surface area contributed by atoms with Gasteiger partial charge in [0.05, 0.1) is 5.52 Å². The number of rotatable bonds is 2. The van der Waals surface area contributed by atoms with E-state index in [9.17, 15) is 4.79 Å². The first kappa shape index (κ1) is 39.7. The molecule has 0 aliphatic heterocycles. The van der Waals surface area contributed by atoms with E-state index in [4.69, 9.17) is 5.73 Å². The predicted octanol–water partition coefficient (Wildman–Crippen LogP) is 9.25. The summed E-state index contributed by atoms with van der Waals surface area (Å²) in [4.78, 5) is 14.4. The molecule has 4 N–H and O–H groups in total. The number of aldehydes is 1. The lowest BCUT2D eigenvalue weighted by atomic mass is 9.95. The Kier molecular flexibility index (Phi) is 18.7. The molecular weight excluding hydrogens is 716 g/mol. The molecule has 0 fully saturated rings. The molecule has 36 heavy (non-hydrogen) atoms. The van der Waals surface area contributed by atoms with Crippen LogP contribution < -0.4 is 5.73 Å². The second kappa shape index (κ2) is 16.9. The zero-order valence-electron chi connectivity index (χ0n) is 21.0. The first-order valence-corrected chi connectivity index (χ1v) is 13.9. The van der Waals surface area contributed by atoms with Gasteiger partial charge in [-0.3, -0.25) is 4.98 Å². The highest BCUT2D eigenvalue weighted by Crippen LogP contribution is 2.29. The van der Waals surface area contributed by atoms with Crippen molar-refractivity contribution in [3.8, 4) is 0 Å². The molecule has 0 atom stereocenters. The molecule has 0 saturated heterocycles. The van der Waals surface area contributed by atoms with E-state index in [-0.39, 0.29) is 20.3 Å². The maximum atomic E-state index is 9.93. The van der Waals surface area contributed by atoms with Crippen molar-refractivity contribution in [2.24, 2.45) is 0 Å². The number of hydrogen-bond acceptors (Lipinski definition) is 3. The number of anilines is 1. The van der Waals surface area contributed by atoms with Crippen LogP contribution in [-0.2, 0) is 4.79 Å². The Hall–Kier alpha value is -0.800. The van der Waals surface area contributed by atoms with Gasteiger partial charge in [-0.25, -0.2) is 0 Å². The summed E-state index contributed by atoms with van der Waals surface area (Å²) in [6.45, 7) is 17.1. The highest BCUT2D eigenvalue weighted by molar-refractivity contribution is 9.26. The van der Waals surface area contributed by atoms with E-state index in [1.165, 1.54) is 49.9 Å². The van der Waals surface area contributed by atoms with Crippen molar-refractivity contribution >= 4 is 86.6 Å². The number of alkyl halides is 3. The smallest absolute Gasteiger partial charge is 0.148 e. The molecular formula is C28H42Br4N2O2. The molecule has 0 aliphatic rings. The molecule has 0 aliphatic carbocycles. The Morgan fingerprint density at radius 2 is 1.31 bits per heavy atom. The standard InChI is InChI=1S/C13H14BrN.C10H15N.C3H3Br3O.2CH4.H2O/c1-7-8(2)10(4)13-12(9(7)3)5-11(14)6-15-13;1-6-5-10(11)9(4)8(3)7(6)2;4-1-3(5,6)2-7;;;/h5-6H,1-4H3;5H,11H2,1-4H3;2H,1H2;2*1H4;1H2. The molecule has 0 saturated carbocycles. The average molecular weight is 758 g/mol. The number of fused-ring (bicyclic) bond motifs is 1. The van der Waals surface area contributed by atoms with Crippen LogP contribution >= 0.6 is 63.7 Å². The van der Waals surface area contributed by atoms with E-state index in [1.54, 1.807) is 0 Å². The Labute approximate surface area is 252 Å². The van der Waals surface area contributed by atoms with Crippen molar-refractivity contribution in [1.82, 2.24) is 4.98 Å². The van der Waals surface area contributed by atoms with Gasteiger partial charge < -0.3 is 16.0 Å². The zero-order chi connectivity index (χ0) is 25.7. The highest BCUT2D eigenvalue weighted by Gasteiger charge is 2.18. The summed E-state index contributed by atoms with van der Waals surface area (Å²) < 4.78 is 0.487. The lowest BCUT2D eigenvalue weighted by Gasteiger charge is -2.13. The minimum atomic E-state index is -0.556. The fourth-order valence-electron chi connectivity index (χ4n) is 3.24. The van der Waals surface area contributed by atoms with Crippen LogP contribution in [0.1, 0.15) is 59.4 Å². The highest BCUT2D eigenvalue weighted by atomic mass is 79.9. The van der Waals surface area contributed by atoms with Crippen LogP contribution in [-0.4, -0.2) is 25.3 Å². The molecule has 1 heterocycles. The summed E-state index contributed by atoms with van der Waals surface area (Å²) in [5.41, 5.74) is 18.4. The van der Waals surface area contributed by atoms with E-state index >= 15 is 0 Å². The van der Waals surface area contributed by atoms with Crippen molar-refractivity contribution in [2.75, 3.05) is 11.1 Å². The second-order valence-electron chi connectivity index (χ2n) is 8.22. The van der Waals surface area contributed by atoms with Gasteiger partial charge in [0.15, 0.2) is 0 Å². The fraction of sp³-hybridized carbons (Fsp3) is 0.429. The molecule has 0 bridgehead atoms. The third kappa shape index (κ3) is 10.2. The molecule has 0 unspecified atom stereocenters. The molecule has 1 aromatic heterocycles. The Morgan fingerprint density at radius 3 is 1.75 bits per heavy atom. The van der Waals surface area contributed by atoms with Crippen LogP contribution in [0.4, 0.5) is 5.69 Å². The van der Waals surface area contributed by atoms with E-state index in [0.29, 0.717) is 5.33 Å². The minimum absolute atomic E-state index is 0. The molecule has 2 aromatic carbocycles. The molecule has 0 spiro atoms. The van der Waals surface area contributed by atoms with Crippen molar-refractivity contribution in [3.63, 3.8) is 0 Å². The normalized spacial score (nSPS) is 9.89. The third-order valence-corrected chi connectivity index (χ3v) is 9.93. The van der Waals surface area contributed by atoms with Gasteiger partial charge in [0.25, 0.3) is 0 Å². The number of nitrogen functional groups attached to an aromatic ring is 1. The van der Waals surface area contributed by atoms with Crippen molar-refractivity contribution in [3.05, 3.63) is 67.3 Å². The summed E-state index contributed by atoms with van der Waals surface area (Å²) in [7, 11) is 0. The Balaban J connectivity index is -0.000000465. The van der Waals surface area contributed by atoms with Gasteiger partial charge in [-0.15, -0.1) is 0 Å². The Bertz CT molecular complexity index is 1140. The molecule has 0 amide bonds. The van der Waals surface area contributed by atoms with E-state index < -0.39 is 3.23 Å². The van der Waals surface area contributed by atoms with Crippen LogP contribution in [0, 0.1) is 55.4 Å². The monoisotopic (exact) mass is 754 g/mol. The van der Waals surface area contributed by atoms with Crippen LogP contribution in [0.5, 0.6) is 0 Å². The maximum Gasteiger partial charge on any atom is 0.148 e. The maximum absolute atomic E-state index is 9.93. The number of hydrogen-bond donors (Lipinski definition) is 1. The summed E-state index contributed by atoms with van der Waals surface area (Å²) >= 11 is 12.7. The SMILES string of the molecule is C.C.Cc1c(C)c(C)c2ncc(Br)cc2c1C.Cc1cc(N)c(C)c(C)c1C.O.O=CC(Br)(Br)CBr. The van der Waals surface area contributed by atoms with Gasteiger partial charge in [0, 0.05) is 27.1 Å². The number of aromatic nitrogens is 1. The van der Waals surface area contributed by atoms with Crippen LogP contribution in [0.2, 0.25) is 0 Å². The molecule has 0 radical (unpaired) electrons. The number of nitrogens with two attached hydrogens (primary N) is 1. The van der Waals surface area contributed by atoms with Crippen LogP contribution in [0.15, 0.2) is 22.8 Å². The second-order valence-corrected chi connectivity index (χ2v) is 13.6. The van der Waals surface area contributed by atoms with Crippen LogP contribution in [0.25, 0.3) is 10.9 Å². The number of nitrogens with zero attached hydrogens (tertiary/aromatic N) is 1. The third-order valence-electron chi connectivity index (χ3n) is 6.17. The van der Waals surface area contributed by atoms with E-state index in [1.807, 2.05) is 12.3 Å². The first-order valence-electron chi connectivity index (χ1n) is 10.4. The molecule has 204 valence electrons. The quantitative estimate of drug-likeness (QED) is 0.161. The summed E-state index contributed by atoms with van der Waals surface area (Å²) in [5.74, 6) is 0. The van der Waals surface area contributed by atoms with Gasteiger partial charge in [0.2, 0.25) is 0 Å². The van der Waals surface area contributed by atoms with Gasteiger partial charge in [0.1, 0.15) is 9.52 Å². The summed E-state index contributed by atoms with van der Waals surface area (Å²) in [5, 5.41) is 1.83. The van der Waals surface area contributed by atoms with Crippen molar-refractivity contribution in [1.29, 1.82) is 0 Å². The largest absolute Gasteiger partial charge is 0.412 e. The fourth-order valence-corrected chi connectivity index (χ4v) is 3.70. The lowest BCUT2D eigenvalue weighted by Crippen LogP contribution is -2.13. The van der Waals surface area contributed by atoms with Gasteiger partial charge in [-0.1, -0.05) is 62.6 Å². The zero-order valence-corrected chi connectivity index (χ0v) is 27.3. The Morgan fingerprint density at radius 1 is 0.833 bits per heavy atom. The van der Waals surface area contributed by atoms with Crippen molar-refractivity contribution in [2.45, 2.75) is 73.5 Å². The minimum Gasteiger partial charge on any atom is -0.412 e. The van der Waals surface area contributed by atoms with Gasteiger partial charge >= 0.3 is 0 Å². The molecule has 3 rings (SSSR count). The number of halogens is 4. The molecule has 4 nitrogen and oxygen atoms in total. The predicted molar refractivity (Wildman–Crippen MR) is 176 cm³/mol. The van der Waals surface area contributed by atoms with Crippen molar-refractivity contribution < 1.29 is 10.3 Å². The summed E-state index contributed by atoms with van der Waals surface area (Å²) in [6.07, 6.45) is 2.64. The molecule has 3 aromatic rings. The average Bonchev–Trinajstić information content (AvgIpc) is 2.79. The topological polar surface area (TPSA) is 87.5 Å². The number of carbonyl (C=O) groups excluding carboxylic acids is 1.